The minimum absolute atomic E-state index is 0.0244. The van der Waals surface area contributed by atoms with Crippen molar-refractivity contribution in [1.29, 1.82) is 0 Å². The molecule has 1 amide bonds. The summed E-state index contributed by atoms with van der Waals surface area (Å²) in [6.07, 6.45) is 2.93. The Bertz CT molecular complexity index is 632. The first kappa shape index (κ1) is 18.6. The van der Waals surface area contributed by atoms with E-state index in [9.17, 15) is 13.2 Å². The molecule has 0 saturated heterocycles. The molecule has 0 radical (unpaired) electrons. The van der Waals surface area contributed by atoms with Gasteiger partial charge in [0.05, 0.1) is 10.0 Å². The zero-order valence-corrected chi connectivity index (χ0v) is 14.8. The third kappa shape index (κ3) is 5.02. The molecule has 0 aliphatic rings. The second kappa shape index (κ2) is 7.68. The maximum atomic E-state index is 12.3. The smallest absolute Gasteiger partial charge is 0.262 e. The lowest BCUT2D eigenvalue weighted by Gasteiger charge is -2.18. The van der Waals surface area contributed by atoms with Crippen molar-refractivity contribution in [3.05, 3.63) is 27.7 Å². The molecular weight excluding hydrogens is 357 g/mol. The van der Waals surface area contributed by atoms with Crippen LogP contribution in [0.25, 0.3) is 0 Å². The van der Waals surface area contributed by atoms with E-state index in [1.165, 1.54) is 11.0 Å². The van der Waals surface area contributed by atoms with Gasteiger partial charge in [0, 0.05) is 29.8 Å². The number of carbonyl (C=O) groups is 1. The lowest BCUT2D eigenvalue weighted by atomic mass is 10.2. The number of nitrogens with zero attached hydrogens (tertiary/aromatic N) is 1. The SMILES string of the molecule is CCCCCN(C)C(=O)c1cc(Cl)c(Cl)c(S(=O)(=O)Cl)c1. The van der Waals surface area contributed by atoms with Gasteiger partial charge in [-0.2, -0.15) is 0 Å². The fraction of sp³-hybridized carbons (Fsp3) is 0.462. The van der Waals surface area contributed by atoms with Crippen LogP contribution in [-0.4, -0.2) is 32.8 Å². The molecular formula is C13H16Cl3NO3S. The first-order chi connectivity index (χ1) is 9.68. The van der Waals surface area contributed by atoms with Crippen molar-refractivity contribution in [2.75, 3.05) is 13.6 Å². The maximum absolute atomic E-state index is 12.3. The van der Waals surface area contributed by atoms with Crippen LogP contribution < -0.4 is 0 Å². The summed E-state index contributed by atoms with van der Waals surface area (Å²) in [7, 11) is 2.87. The first-order valence-corrected chi connectivity index (χ1v) is 9.44. The van der Waals surface area contributed by atoms with Crippen molar-refractivity contribution in [2.45, 2.75) is 31.1 Å². The van der Waals surface area contributed by atoms with E-state index in [0.717, 1.165) is 25.3 Å². The first-order valence-electron chi connectivity index (χ1n) is 6.37. The van der Waals surface area contributed by atoms with E-state index in [1.54, 1.807) is 7.05 Å². The topological polar surface area (TPSA) is 54.5 Å². The standard InChI is InChI=1S/C13H16Cl3NO3S/c1-3-4-5-6-17(2)13(18)9-7-10(14)12(15)11(8-9)21(16,19)20/h7-8H,3-6H2,1-2H3. The second-order valence-electron chi connectivity index (χ2n) is 4.64. The van der Waals surface area contributed by atoms with Gasteiger partial charge in [0.15, 0.2) is 0 Å². The molecule has 0 N–H and O–H groups in total. The summed E-state index contributed by atoms with van der Waals surface area (Å²) in [5.74, 6) is -0.328. The Hall–Kier alpha value is -0.490. The van der Waals surface area contributed by atoms with Crippen LogP contribution in [0.4, 0.5) is 0 Å². The fourth-order valence-corrected chi connectivity index (χ4v) is 3.55. The van der Waals surface area contributed by atoms with Gasteiger partial charge in [-0.3, -0.25) is 4.79 Å². The van der Waals surface area contributed by atoms with E-state index in [-0.39, 0.29) is 26.4 Å². The van der Waals surface area contributed by atoms with Gasteiger partial charge in [0.25, 0.3) is 15.0 Å². The second-order valence-corrected chi connectivity index (χ2v) is 7.96. The van der Waals surface area contributed by atoms with Gasteiger partial charge in [-0.25, -0.2) is 8.42 Å². The summed E-state index contributed by atoms with van der Waals surface area (Å²) in [5.41, 5.74) is 0.141. The average molecular weight is 373 g/mol. The molecule has 0 saturated carbocycles. The van der Waals surface area contributed by atoms with Gasteiger partial charge in [0.1, 0.15) is 4.90 Å². The van der Waals surface area contributed by atoms with Crippen LogP contribution in [0.1, 0.15) is 36.5 Å². The van der Waals surface area contributed by atoms with Crippen molar-refractivity contribution in [1.82, 2.24) is 4.90 Å². The van der Waals surface area contributed by atoms with Crippen LogP contribution in [0, 0.1) is 0 Å². The number of hydrogen-bond donors (Lipinski definition) is 0. The van der Waals surface area contributed by atoms with E-state index < -0.39 is 9.05 Å². The molecule has 0 unspecified atom stereocenters. The molecule has 1 aromatic rings. The summed E-state index contributed by atoms with van der Waals surface area (Å²) in [6, 6.07) is 2.49. The van der Waals surface area contributed by atoms with Gasteiger partial charge < -0.3 is 4.90 Å². The van der Waals surface area contributed by atoms with Crippen LogP contribution in [-0.2, 0) is 9.05 Å². The van der Waals surface area contributed by atoms with Gasteiger partial charge in [-0.05, 0) is 18.6 Å². The van der Waals surface area contributed by atoms with Crippen molar-refractivity contribution in [2.24, 2.45) is 0 Å². The van der Waals surface area contributed by atoms with Crippen LogP contribution >= 0.6 is 33.9 Å². The quantitative estimate of drug-likeness (QED) is 0.556. The molecule has 8 heteroatoms. The lowest BCUT2D eigenvalue weighted by Crippen LogP contribution is -2.27. The normalized spacial score (nSPS) is 11.5. The Kier molecular flexibility index (Phi) is 6.78. The highest BCUT2D eigenvalue weighted by molar-refractivity contribution is 8.13. The summed E-state index contributed by atoms with van der Waals surface area (Å²) >= 11 is 11.7. The third-order valence-electron chi connectivity index (χ3n) is 2.95. The Balaban J connectivity index is 3.09. The molecule has 1 rings (SSSR count). The van der Waals surface area contributed by atoms with Crippen molar-refractivity contribution in [3.8, 4) is 0 Å². The van der Waals surface area contributed by atoms with Crippen LogP contribution in [0.15, 0.2) is 17.0 Å². The molecule has 0 fully saturated rings. The highest BCUT2D eigenvalue weighted by Gasteiger charge is 2.22. The molecule has 0 aliphatic carbocycles. The maximum Gasteiger partial charge on any atom is 0.262 e. The molecule has 21 heavy (non-hydrogen) atoms. The van der Waals surface area contributed by atoms with E-state index in [2.05, 4.69) is 6.92 Å². The average Bonchev–Trinajstić information content (AvgIpc) is 2.39. The monoisotopic (exact) mass is 371 g/mol. The minimum Gasteiger partial charge on any atom is -0.342 e. The summed E-state index contributed by atoms with van der Waals surface area (Å²) in [4.78, 5) is 13.4. The van der Waals surface area contributed by atoms with Gasteiger partial charge in [-0.15, -0.1) is 0 Å². The van der Waals surface area contributed by atoms with Gasteiger partial charge in [0.2, 0.25) is 0 Å². The zero-order valence-electron chi connectivity index (χ0n) is 11.7. The molecule has 0 heterocycles. The number of rotatable bonds is 6. The van der Waals surface area contributed by atoms with E-state index in [1.807, 2.05) is 0 Å². The summed E-state index contributed by atoms with van der Waals surface area (Å²) in [5, 5.41) is -0.208. The summed E-state index contributed by atoms with van der Waals surface area (Å²) in [6.45, 7) is 2.65. The third-order valence-corrected chi connectivity index (χ3v) is 5.21. The Morgan fingerprint density at radius 1 is 1.24 bits per heavy atom. The Labute approximate surface area is 139 Å². The van der Waals surface area contributed by atoms with E-state index in [0.29, 0.717) is 6.54 Å². The zero-order chi connectivity index (χ0) is 16.2. The molecule has 0 atom stereocenters. The number of unbranched alkanes of at least 4 members (excludes halogenated alkanes) is 2. The van der Waals surface area contributed by atoms with Gasteiger partial charge in [-0.1, -0.05) is 43.0 Å². The molecule has 1 aromatic carbocycles. The van der Waals surface area contributed by atoms with E-state index in [4.69, 9.17) is 33.9 Å². The molecule has 0 aliphatic heterocycles. The number of halogens is 3. The van der Waals surface area contributed by atoms with E-state index >= 15 is 0 Å². The Morgan fingerprint density at radius 3 is 2.38 bits per heavy atom. The molecule has 0 spiro atoms. The predicted octanol–water partition coefficient (Wildman–Crippen LogP) is 4.18. The summed E-state index contributed by atoms with van der Waals surface area (Å²) < 4.78 is 22.9. The molecule has 0 bridgehead atoms. The van der Waals surface area contributed by atoms with Crippen molar-refractivity contribution >= 4 is 48.8 Å². The predicted molar refractivity (Wildman–Crippen MR) is 86.0 cm³/mol. The number of benzene rings is 1. The number of amides is 1. The van der Waals surface area contributed by atoms with Crippen LogP contribution in [0.5, 0.6) is 0 Å². The number of carbonyl (C=O) groups excluding carboxylic acids is 1. The molecule has 118 valence electrons. The van der Waals surface area contributed by atoms with Crippen LogP contribution in [0.3, 0.4) is 0 Å². The molecule has 0 aromatic heterocycles. The molecule has 4 nitrogen and oxygen atoms in total. The largest absolute Gasteiger partial charge is 0.342 e. The fourth-order valence-electron chi connectivity index (χ4n) is 1.79. The lowest BCUT2D eigenvalue weighted by molar-refractivity contribution is 0.0792. The Morgan fingerprint density at radius 2 is 1.86 bits per heavy atom. The minimum atomic E-state index is -4.07. The highest BCUT2D eigenvalue weighted by atomic mass is 35.7. The highest BCUT2D eigenvalue weighted by Crippen LogP contribution is 2.33. The van der Waals surface area contributed by atoms with Crippen LogP contribution in [0.2, 0.25) is 10.0 Å². The number of hydrogen-bond acceptors (Lipinski definition) is 3. The van der Waals surface area contributed by atoms with Gasteiger partial charge >= 0.3 is 0 Å². The van der Waals surface area contributed by atoms with Crippen molar-refractivity contribution < 1.29 is 13.2 Å². The van der Waals surface area contributed by atoms with Crippen molar-refractivity contribution in [3.63, 3.8) is 0 Å².